The Hall–Kier alpha value is -1.75. The van der Waals surface area contributed by atoms with Gasteiger partial charge < -0.3 is 19.7 Å². The molecule has 5 nitrogen and oxygen atoms in total. The summed E-state index contributed by atoms with van der Waals surface area (Å²) < 4.78 is 10.8. The molecule has 0 fully saturated rings. The molecule has 0 aliphatic carbocycles. The van der Waals surface area contributed by atoms with Crippen molar-refractivity contribution < 1.29 is 14.3 Å². The summed E-state index contributed by atoms with van der Waals surface area (Å²) >= 11 is 0. The Morgan fingerprint density at radius 1 is 1.30 bits per heavy atom. The number of rotatable bonds is 8. The minimum absolute atomic E-state index is 0.0889. The van der Waals surface area contributed by atoms with Gasteiger partial charge in [0, 0.05) is 20.1 Å². The maximum Gasteiger partial charge on any atom is 0.236 e. The molecule has 1 aromatic rings. The van der Waals surface area contributed by atoms with Gasteiger partial charge in [-0.1, -0.05) is 6.07 Å². The van der Waals surface area contributed by atoms with E-state index in [-0.39, 0.29) is 5.91 Å². The minimum atomic E-state index is 0.0889. The number of carbonyl (C=O) groups excluding carboxylic acids is 1. The summed E-state index contributed by atoms with van der Waals surface area (Å²) in [5.41, 5.74) is 1.06. The first kappa shape index (κ1) is 16.3. The van der Waals surface area contributed by atoms with Gasteiger partial charge in [-0.05, 0) is 31.5 Å². The summed E-state index contributed by atoms with van der Waals surface area (Å²) in [5, 5.41) is 3.14. The van der Waals surface area contributed by atoms with Crippen molar-refractivity contribution in [2.75, 3.05) is 33.9 Å². The van der Waals surface area contributed by atoms with Gasteiger partial charge in [0.2, 0.25) is 5.91 Å². The van der Waals surface area contributed by atoms with Crippen molar-refractivity contribution in [2.24, 2.45) is 0 Å². The highest BCUT2D eigenvalue weighted by molar-refractivity contribution is 5.77. The molecule has 20 heavy (non-hydrogen) atoms. The third-order valence-electron chi connectivity index (χ3n) is 3.03. The number of likely N-dealkylation sites (N-methyl/N-ethyl adjacent to an activating group) is 1. The van der Waals surface area contributed by atoms with E-state index >= 15 is 0 Å². The minimum Gasteiger partial charge on any atom is -0.493 e. The maximum atomic E-state index is 11.7. The second kappa shape index (κ2) is 8.43. The molecule has 0 radical (unpaired) electrons. The molecule has 0 saturated heterocycles. The summed E-state index contributed by atoms with van der Waals surface area (Å²) in [6, 6.07) is 5.77. The Balaban J connectivity index is 2.56. The average molecular weight is 280 g/mol. The van der Waals surface area contributed by atoms with Crippen molar-refractivity contribution in [1.29, 1.82) is 0 Å². The Kier molecular flexibility index (Phi) is 6.87. The fraction of sp³-hybridized carbons (Fsp3) is 0.533. The van der Waals surface area contributed by atoms with E-state index in [1.54, 1.807) is 19.1 Å². The van der Waals surface area contributed by atoms with Gasteiger partial charge in [0.15, 0.2) is 11.5 Å². The summed E-state index contributed by atoms with van der Waals surface area (Å²) in [4.78, 5) is 13.3. The first-order valence-electron chi connectivity index (χ1n) is 6.86. The van der Waals surface area contributed by atoms with Gasteiger partial charge in [0.1, 0.15) is 0 Å². The lowest BCUT2D eigenvalue weighted by Gasteiger charge is -2.15. The average Bonchev–Trinajstić information content (AvgIpc) is 2.47. The molecule has 0 bridgehead atoms. The topological polar surface area (TPSA) is 50.8 Å². The summed E-state index contributed by atoms with van der Waals surface area (Å²) in [5.74, 6) is 1.54. The van der Waals surface area contributed by atoms with E-state index in [0.717, 1.165) is 23.6 Å². The van der Waals surface area contributed by atoms with E-state index < -0.39 is 0 Å². The zero-order valence-electron chi connectivity index (χ0n) is 12.7. The van der Waals surface area contributed by atoms with Gasteiger partial charge in [-0.3, -0.25) is 4.79 Å². The van der Waals surface area contributed by atoms with Crippen LogP contribution in [0.2, 0.25) is 0 Å². The van der Waals surface area contributed by atoms with Crippen molar-refractivity contribution in [3.8, 4) is 11.5 Å². The van der Waals surface area contributed by atoms with E-state index in [0.29, 0.717) is 19.7 Å². The van der Waals surface area contributed by atoms with Crippen LogP contribution in [0.5, 0.6) is 11.5 Å². The Morgan fingerprint density at radius 2 is 2.05 bits per heavy atom. The number of hydrogen-bond donors (Lipinski definition) is 1. The fourth-order valence-electron chi connectivity index (χ4n) is 1.72. The van der Waals surface area contributed by atoms with Gasteiger partial charge in [0.25, 0.3) is 0 Å². The SMILES string of the molecule is CCOc1cc(CNCC(=O)N(C)CC)ccc1OC. The lowest BCUT2D eigenvalue weighted by Crippen LogP contribution is -2.35. The van der Waals surface area contributed by atoms with Gasteiger partial charge in [0.05, 0.1) is 20.3 Å². The van der Waals surface area contributed by atoms with Gasteiger partial charge in [-0.25, -0.2) is 0 Å². The highest BCUT2D eigenvalue weighted by atomic mass is 16.5. The van der Waals surface area contributed by atoms with Crippen LogP contribution in [0.3, 0.4) is 0 Å². The molecule has 0 unspecified atom stereocenters. The van der Waals surface area contributed by atoms with E-state index in [2.05, 4.69) is 5.32 Å². The molecule has 5 heteroatoms. The molecule has 0 atom stereocenters. The molecular formula is C15H24N2O3. The fourth-order valence-corrected chi connectivity index (χ4v) is 1.72. The highest BCUT2D eigenvalue weighted by Crippen LogP contribution is 2.27. The normalized spacial score (nSPS) is 10.2. The van der Waals surface area contributed by atoms with E-state index in [1.807, 2.05) is 32.0 Å². The smallest absolute Gasteiger partial charge is 0.236 e. The molecule has 1 aromatic carbocycles. The largest absolute Gasteiger partial charge is 0.493 e. The molecule has 0 aliphatic rings. The predicted octanol–water partition coefficient (Wildman–Crippen LogP) is 1.66. The third-order valence-corrected chi connectivity index (χ3v) is 3.03. The van der Waals surface area contributed by atoms with Crippen molar-refractivity contribution in [1.82, 2.24) is 10.2 Å². The van der Waals surface area contributed by atoms with Crippen LogP contribution >= 0.6 is 0 Å². The zero-order valence-corrected chi connectivity index (χ0v) is 12.7. The number of benzene rings is 1. The zero-order chi connectivity index (χ0) is 15.0. The van der Waals surface area contributed by atoms with E-state index in [4.69, 9.17) is 9.47 Å². The Labute approximate surface area is 120 Å². The van der Waals surface area contributed by atoms with Gasteiger partial charge >= 0.3 is 0 Å². The van der Waals surface area contributed by atoms with Crippen LogP contribution in [-0.2, 0) is 11.3 Å². The first-order valence-corrected chi connectivity index (χ1v) is 6.86. The molecule has 0 saturated carbocycles. The van der Waals surface area contributed by atoms with Crippen molar-refractivity contribution in [3.05, 3.63) is 23.8 Å². The van der Waals surface area contributed by atoms with E-state index in [9.17, 15) is 4.79 Å². The molecule has 0 aromatic heterocycles. The number of amides is 1. The number of hydrogen-bond acceptors (Lipinski definition) is 4. The monoisotopic (exact) mass is 280 g/mol. The second-order valence-corrected chi connectivity index (χ2v) is 4.43. The number of ether oxygens (including phenoxy) is 2. The van der Waals surface area contributed by atoms with Gasteiger partial charge in [-0.2, -0.15) is 0 Å². The molecule has 0 spiro atoms. The lowest BCUT2D eigenvalue weighted by atomic mass is 10.2. The molecule has 0 aliphatic heterocycles. The van der Waals surface area contributed by atoms with Crippen LogP contribution in [0, 0.1) is 0 Å². The van der Waals surface area contributed by atoms with Crippen LogP contribution in [0.4, 0.5) is 0 Å². The molecule has 1 amide bonds. The van der Waals surface area contributed by atoms with Crippen LogP contribution in [0.1, 0.15) is 19.4 Å². The molecule has 1 N–H and O–H groups in total. The standard InChI is InChI=1S/C15H24N2O3/c1-5-17(3)15(18)11-16-10-12-7-8-13(19-4)14(9-12)20-6-2/h7-9,16H,5-6,10-11H2,1-4H3. The number of methoxy groups -OCH3 is 1. The van der Waals surface area contributed by atoms with Crippen LogP contribution in [0.15, 0.2) is 18.2 Å². The second-order valence-electron chi connectivity index (χ2n) is 4.43. The highest BCUT2D eigenvalue weighted by Gasteiger charge is 2.07. The van der Waals surface area contributed by atoms with Crippen molar-refractivity contribution in [2.45, 2.75) is 20.4 Å². The molecular weight excluding hydrogens is 256 g/mol. The molecule has 0 heterocycles. The number of nitrogens with zero attached hydrogens (tertiary/aromatic N) is 1. The third kappa shape index (κ3) is 4.74. The quantitative estimate of drug-likeness (QED) is 0.787. The Morgan fingerprint density at radius 3 is 2.65 bits per heavy atom. The van der Waals surface area contributed by atoms with Gasteiger partial charge in [-0.15, -0.1) is 0 Å². The van der Waals surface area contributed by atoms with E-state index in [1.165, 1.54) is 0 Å². The van der Waals surface area contributed by atoms with Crippen molar-refractivity contribution in [3.63, 3.8) is 0 Å². The van der Waals surface area contributed by atoms with Crippen molar-refractivity contribution >= 4 is 5.91 Å². The number of nitrogens with one attached hydrogen (secondary N) is 1. The lowest BCUT2D eigenvalue weighted by molar-refractivity contribution is -0.128. The Bertz CT molecular complexity index is 435. The summed E-state index contributed by atoms with van der Waals surface area (Å²) in [7, 11) is 3.42. The van der Waals surface area contributed by atoms with Crippen LogP contribution < -0.4 is 14.8 Å². The van der Waals surface area contributed by atoms with Crippen LogP contribution in [0.25, 0.3) is 0 Å². The first-order chi connectivity index (χ1) is 9.62. The summed E-state index contributed by atoms with van der Waals surface area (Å²) in [6.45, 7) is 6.15. The molecule has 112 valence electrons. The predicted molar refractivity (Wildman–Crippen MR) is 79.2 cm³/mol. The maximum absolute atomic E-state index is 11.7. The van der Waals surface area contributed by atoms with Crippen LogP contribution in [-0.4, -0.2) is 44.7 Å². The number of carbonyl (C=O) groups is 1. The molecule has 1 rings (SSSR count). The summed E-state index contributed by atoms with van der Waals surface area (Å²) in [6.07, 6.45) is 0.